The molecule has 1 N–H and O–H groups in total. The van der Waals surface area contributed by atoms with Gasteiger partial charge in [0.15, 0.2) is 0 Å². The molecule has 0 saturated heterocycles. The minimum Gasteiger partial charge on any atom is -0.496 e. The molecule has 0 bridgehead atoms. The molecule has 0 aliphatic heterocycles. The molecule has 0 aliphatic carbocycles. The minimum atomic E-state index is 0.387. The number of benzene rings is 1. The third-order valence-corrected chi connectivity index (χ3v) is 3.49. The average molecular weight is 286 g/mol. The molecule has 0 radical (unpaired) electrons. The van der Waals surface area contributed by atoms with Crippen LogP contribution in [0.2, 0.25) is 5.02 Å². The van der Waals surface area contributed by atoms with Crippen molar-refractivity contribution < 1.29 is 9.47 Å². The van der Waals surface area contributed by atoms with Crippen molar-refractivity contribution in [1.82, 2.24) is 5.32 Å². The summed E-state index contributed by atoms with van der Waals surface area (Å²) in [5, 5.41) is 4.10. The first kappa shape index (κ1) is 16.3. The average Bonchev–Trinajstić information content (AvgIpc) is 2.38. The second-order valence-electron chi connectivity index (χ2n) is 4.94. The van der Waals surface area contributed by atoms with Gasteiger partial charge in [-0.05, 0) is 49.6 Å². The van der Waals surface area contributed by atoms with Gasteiger partial charge in [0, 0.05) is 24.8 Å². The lowest BCUT2D eigenvalue weighted by atomic mass is 9.96. The van der Waals surface area contributed by atoms with Crippen LogP contribution in [-0.2, 0) is 11.2 Å². The van der Waals surface area contributed by atoms with Gasteiger partial charge in [0.25, 0.3) is 0 Å². The third kappa shape index (κ3) is 5.39. The van der Waals surface area contributed by atoms with E-state index in [4.69, 9.17) is 21.1 Å². The number of ether oxygens (including phenoxy) is 2. The molecule has 1 aromatic rings. The number of methoxy groups -OCH3 is 2. The molecule has 0 spiro atoms. The summed E-state index contributed by atoms with van der Waals surface area (Å²) < 4.78 is 10.6. The van der Waals surface area contributed by atoms with Crippen molar-refractivity contribution in [2.75, 3.05) is 27.9 Å². The van der Waals surface area contributed by atoms with Crippen LogP contribution in [-0.4, -0.2) is 33.9 Å². The molecule has 3 nitrogen and oxygen atoms in total. The van der Waals surface area contributed by atoms with E-state index in [0.717, 1.165) is 35.8 Å². The van der Waals surface area contributed by atoms with E-state index in [2.05, 4.69) is 12.2 Å². The molecule has 19 heavy (non-hydrogen) atoms. The van der Waals surface area contributed by atoms with Gasteiger partial charge in [-0.25, -0.2) is 0 Å². The SMILES string of the molecule is CNC(Cc1cc(Cl)ccc1OC)CC(C)COC. The van der Waals surface area contributed by atoms with Gasteiger partial charge < -0.3 is 14.8 Å². The molecular weight excluding hydrogens is 262 g/mol. The van der Waals surface area contributed by atoms with Gasteiger partial charge in [0.05, 0.1) is 7.11 Å². The van der Waals surface area contributed by atoms with E-state index in [1.807, 2.05) is 25.2 Å². The zero-order valence-electron chi connectivity index (χ0n) is 12.2. The van der Waals surface area contributed by atoms with E-state index in [1.54, 1.807) is 14.2 Å². The lowest BCUT2D eigenvalue weighted by Crippen LogP contribution is -2.30. The second-order valence-corrected chi connectivity index (χ2v) is 5.38. The van der Waals surface area contributed by atoms with Crippen molar-refractivity contribution in [2.24, 2.45) is 5.92 Å². The van der Waals surface area contributed by atoms with Crippen LogP contribution >= 0.6 is 11.6 Å². The first-order valence-corrected chi connectivity index (χ1v) is 6.97. The molecule has 0 amide bonds. The molecule has 0 fully saturated rings. The fraction of sp³-hybridized carbons (Fsp3) is 0.600. The van der Waals surface area contributed by atoms with Crippen LogP contribution in [0.15, 0.2) is 18.2 Å². The van der Waals surface area contributed by atoms with Crippen LogP contribution < -0.4 is 10.1 Å². The van der Waals surface area contributed by atoms with Crippen LogP contribution in [0.5, 0.6) is 5.75 Å². The Bertz CT molecular complexity index is 384. The highest BCUT2D eigenvalue weighted by Crippen LogP contribution is 2.25. The molecule has 0 saturated carbocycles. The monoisotopic (exact) mass is 285 g/mol. The number of likely N-dealkylation sites (N-methyl/N-ethyl adjacent to an activating group) is 1. The number of hydrogen-bond acceptors (Lipinski definition) is 3. The molecule has 4 heteroatoms. The summed E-state index contributed by atoms with van der Waals surface area (Å²) in [4.78, 5) is 0. The Balaban J connectivity index is 2.72. The van der Waals surface area contributed by atoms with Gasteiger partial charge in [0.2, 0.25) is 0 Å². The Hall–Kier alpha value is -0.770. The van der Waals surface area contributed by atoms with Crippen molar-refractivity contribution >= 4 is 11.6 Å². The van der Waals surface area contributed by atoms with Gasteiger partial charge in [0.1, 0.15) is 5.75 Å². The maximum atomic E-state index is 6.06. The molecular formula is C15H24ClNO2. The smallest absolute Gasteiger partial charge is 0.122 e. The van der Waals surface area contributed by atoms with Crippen molar-refractivity contribution in [3.63, 3.8) is 0 Å². The largest absolute Gasteiger partial charge is 0.496 e. The normalized spacial score (nSPS) is 14.2. The third-order valence-electron chi connectivity index (χ3n) is 3.26. The highest BCUT2D eigenvalue weighted by molar-refractivity contribution is 6.30. The summed E-state index contributed by atoms with van der Waals surface area (Å²) in [6.45, 7) is 2.98. The summed E-state index contributed by atoms with van der Waals surface area (Å²) in [6, 6.07) is 6.14. The summed E-state index contributed by atoms with van der Waals surface area (Å²) >= 11 is 6.06. The number of halogens is 1. The topological polar surface area (TPSA) is 30.5 Å². The van der Waals surface area contributed by atoms with Crippen LogP contribution in [0.1, 0.15) is 18.9 Å². The fourth-order valence-electron chi connectivity index (χ4n) is 2.31. The van der Waals surface area contributed by atoms with Gasteiger partial charge in [-0.3, -0.25) is 0 Å². The zero-order valence-corrected chi connectivity index (χ0v) is 13.0. The van der Waals surface area contributed by atoms with Crippen LogP contribution in [0.3, 0.4) is 0 Å². The van der Waals surface area contributed by atoms with Crippen molar-refractivity contribution in [1.29, 1.82) is 0 Å². The fourth-order valence-corrected chi connectivity index (χ4v) is 2.51. The number of rotatable bonds is 8. The van der Waals surface area contributed by atoms with E-state index in [0.29, 0.717) is 12.0 Å². The summed E-state index contributed by atoms with van der Waals surface area (Å²) in [6.07, 6.45) is 1.95. The predicted octanol–water partition coefficient (Wildman–Crippen LogP) is 3.15. The van der Waals surface area contributed by atoms with E-state index in [1.165, 1.54) is 0 Å². The van der Waals surface area contributed by atoms with Gasteiger partial charge in [-0.2, -0.15) is 0 Å². The Morgan fingerprint density at radius 1 is 1.32 bits per heavy atom. The van der Waals surface area contributed by atoms with Crippen molar-refractivity contribution in [3.05, 3.63) is 28.8 Å². The lowest BCUT2D eigenvalue weighted by Gasteiger charge is -2.21. The van der Waals surface area contributed by atoms with Crippen LogP contribution in [0.4, 0.5) is 0 Å². The Morgan fingerprint density at radius 3 is 2.63 bits per heavy atom. The molecule has 2 atom stereocenters. The van der Waals surface area contributed by atoms with Gasteiger partial charge in [-0.15, -0.1) is 0 Å². The summed E-state index contributed by atoms with van der Waals surface area (Å²) in [7, 11) is 5.42. The van der Waals surface area contributed by atoms with E-state index < -0.39 is 0 Å². The first-order valence-electron chi connectivity index (χ1n) is 6.59. The predicted molar refractivity (Wildman–Crippen MR) is 80.2 cm³/mol. The maximum Gasteiger partial charge on any atom is 0.122 e. The highest BCUT2D eigenvalue weighted by Gasteiger charge is 2.15. The van der Waals surface area contributed by atoms with Crippen molar-refractivity contribution in [2.45, 2.75) is 25.8 Å². The summed E-state index contributed by atoms with van der Waals surface area (Å²) in [5.74, 6) is 1.41. The van der Waals surface area contributed by atoms with E-state index >= 15 is 0 Å². The standard InChI is InChI=1S/C15H24ClNO2/c1-11(10-18-3)7-14(17-2)9-12-8-13(16)5-6-15(12)19-4/h5-6,8,11,14,17H,7,9-10H2,1-4H3. The van der Waals surface area contributed by atoms with Gasteiger partial charge in [-0.1, -0.05) is 18.5 Å². The van der Waals surface area contributed by atoms with Crippen molar-refractivity contribution in [3.8, 4) is 5.75 Å². The molecule has 1 rings (SSSR count). The quantitative estimate of drug-likeness (QED) is 0.796. The molecule has 1 aromatic carbocycles. The highest BCUT2D eigenvalue weighted by atomic mass is 35.5. The molecule has 2 unspecified atom stereocenters. The van der Waals surface area contributed by atoms with Crippen LogP contribution in [0.25, 0.3) is 0 Å². The summed E-state index contributed by atoms with van der Waals surface area (Å²) in [5.41, 5.74) is 1.14. The van der Waals surface area contributed by atoms with E-state index in [9.17, 15) is 0 Å². The molecule has 0 heterocycles. The zero-order chi connectivity index (χ0) is 14.3. The van der Waals surface area contributed by atoms with Gasteiger partial charge >= 0.3 is 0 Å². The Morgan fingerprint density at radius 2 is 2.05 bits per heavy atom. The molecule has 108 valence electrons. The number of nitrogens with one attached hydrogen (secondary N) is 1. The number of hydrogen-bond donors (Lipinski definition) is 1. The van der Waals surface area contributed by atoms with E-state index in [-0.39, 0.29) is 0 Å². The Labute approximate surface area is 121 Å². The Kier molecular flexibility index (Phi) is 7.21. The molecule has 0 aromatic heterocycles. The lowest BCUT2D eigenvalue weighted by molar-refractivity contribution is 0.150. The first-order chi connectivity index (χ1) is 9.10. The van der Waals surface area contributed by atoms with Crippen LogP contribution in [0, 0.1) is 5.92 Å². The molecule has 0 aliphatic rings. The maximum absolute atomic E-state index is 6.06. The minimum absolute atomic E-state index is 0.387. The second kappa shape index (κ2) is 8.41.